The number of carboxylic acid groups (broad SMARTS) is 1. The molecule has 0 fully saturated rings. The third-order valence-corrected chi connectivity index (χ3v) is 3.51. The predicted molar refractivity (Wildman–Crippen MR) is 76.6 cm³/mol. The van der Waals surface area contributed by atoms with Gasteiger partial charge in [-0.15, -0.1) is 0 Å². The van der Waals surface area contributed by atoms with E-state index in [1.54, 1.807) is 0 Å². The second kappa shape index (κ2) is 5.74. The molecule has 0 amide bonds. The average molecular weight is 264 g/mol. The zero-order valence-corrected chi connectivity index (χ0v) is 12.4. The molecule has 0 aromatic heterocycles. The molecule has 0 radical (unpaired) electrons. The largest absolute Gasteiger partial charge is 0.479 e. The fourth-order valence-electron chi connectivity index (χ4n) is 2.23. The Morgan fingerprint density at radius 3 is 2.05 bits per heavy atom. The number of carbonyl (C=O) groups is 1. The zero-order valence-electron chi connectivity index (χ0n) is 12.4. The van der Waals surface area contributed by atoms with E-state index in [9.17, 15) is 9.90 Å². The lowest BCUT2D eigenvalue weighted by atomic mass is 9.83. The molecule has 1 atom stereocenters. The van der Waals surface area contributed by atoms with E-state index < -0.39 is 12.1 Å². The van der Waals surface area contributed by atoms with Crippen molar-refractivity contribution in [2.75, 3.05) is 0 Å². The Labute approximate surface area is 115 Å². The molecular weight excluding hydrogens is 240 g/mol. The third kappa shape index (κ3) is 4.06. The van der Waals surface area contributed by atoms with Gasteiger partial charge in [0.05, 0.1) is 0 Å². The zero-order chi connectivity index (χ0) is 14.8. The van der Waals surface area contributed by atoms with Gasteiger partial charge in [-0.05, 0) is 54.4 Å². The first kappa shape index (κ1) is 15.7. The van der Waals surface area contributed by atoms with Crippen LogP contribution in [0.25, 0.3) is 0 Å². The van der Waals surface area contributed by atoms with Crippen molar-refractivity contribution in [3.63, 3.8) is 0 Å². The number of aliphatic hydroxyl groups is 1. The average Bonchev–Trinajstić information content (AvgIpc) is 2.25. The van der Waals surface area contributed by atoms with Crippen LogP contribution in [-0.4, -0.2) is 22.3 Å². The summed E-state index contributed by atoms with van der Waals surface area (Å²) in [6, 6.07) is 4.32. The number of hydrogen-bond acceptors (Lipinski definition) is 2. The Morgan fingerprint density at radius 1 is 1.21 bits per heavy atom. The van der Waals surface area contributed by atoms with Crippen LogP contribution >= 0.6 is 0 Å². The minimum Gasteiger partial charge on any atom is -0.479 e. The molecule has 3 nitrogen and oxygen atoms in total. The molecule has 106 valence electrons. The van der Waals surface area contributed by atoms with Crippen molar-refractivity contribution in [3.8, 4) is 0 Å². The van der Waals surface area contributed by atoms with Crippen molar-refractivity contribution in [3.05, 3.63) is 34.4 Å². The minimum absolute atomic E-state index is 0.106. The smallest absolute Gasteiger partial charge is 0.332 e. The summed E-state index contributed by atoms with van der Waals surface area (Å²) in [7, 11) is 0. The first-order chi connectivity index (χ1) is 8.62. The maximum Gasteiger partial charge on any atom is 0.332 e. The number of aliphatic hydroxyl groups excluding tert-OH is 1. The molecule has 0 saturated carbocycles. The molecule has 0 saturated heterocycles. The second-order valence-corrected chi connectivity index (χ2v) is 6.23. The van der Waals surface area contributed by atoms with E-state index in [0.29, 0.717) is 6.42 Å². The summed E-state index contributed by atoms with van der Waals surface area (Å²) in [5.41, 5.74) is 4.87. The molecule has 0 heterocycles. The van der Waals surface area contributed by atoms with Crippen LogP contribution in [0.3, 0.4) is 0 Å². The summed E-state index contributed by atoms with van der Waals surface area (Å²) in [4.78, 5) is 10.6. The maximum absolute atomic E-state index is 10.6. The Hall–Kier alpha value is -1.35. The molecule has 0 spiro atoms. The van der Waals surface area contributed by atoms with Crippen LogP contribution in [0.1, 0.15) is 49.4 Å². The van der Waals surface area contributed by atoms with Crippen LogP contribution in [0.15, 0.2) is 12.1 Å². The molecule has 3 heteroatoms. The molecule has 1 aromatic carbocycles. The molecule has 1 aromatic rings. The fraction of sp³-hybridized carbons (Fsp3) is 0.562. The van der Waals surface area contributed by atoms with Crippen LogP contribution in [0.5, 0.6) is 0 Å². The number of aryl methyl sites for hydroxylation is 2. The predicted octanol–water partition coefficient (Wildman–Crippen LogP) is 2.98. The highest BCUT2D eigenvalue weighted by atomic mass is 16.4. The molecule has 0 aliphatic carbocycles. The summed E-state index contributed by atoms with van der Waals surface area (Å²) >= 11 is 0. The molecule has 2 N–H and O–H groups in total. The number of rotatable bonds is 4. The Balaban J connectivity index is 2.95. The lowest BCUT2D eigenvalue weighted by Gasteiger charge is -2.22. The van der Waals surface area contributed by atoms with Gasteiger partial charge in [0, 0.05) is 0 Å². The standard InChI is InChI=1S/C16H24O3/c1-10-8-12(16(3,4)5)9-11(2)13(10)6-7-14(17)15(18)19/h8-9,14,17H,6-7H2,1-5H3,(H,18,19). The van der Waals surface area contributed by atoms with Crippen molar-refractivity contribution in [2.24, 2.45) is 0 Å². The van der Waals surface area contributed by atoms with Gasteiger partial charge in [0.15, 0.2) is 6.10 Å². The number of hydrogen-bond donors (Lipinski definition) is 2. The van der Waals surface area contributed by atoms with E-state index in [-0.39, 0.29) is 11.8 Å². The molecular formula is C16H24O3. The number of carboxylic acids is 1. The lowest BCUT2D eigenvalue weighted by Crippen LogP contribution is -2.20. The van der Waals surface area contributed by atoms with Crippen molar-refractivity contribution < 1.29 is 15.0 Å². The van der Waals surface area contributed by atoms with Crippen molar-refractivity contribution >= 4 is 5.97 Å². The van der Waals surface area contributed by atoms with E-state index in [1.807, 2.05) is 13.8 Å². The molecule has 0 aliphatic rings. The number of aliphatic carboxylic acids is 1. The van der Waals surface area contributed by atoms with Crippen LogP contribution in [0, 0.1) is 13.8 Å². The van der Waals surface area contributed by atoms with Crippen molar-refractivity contribution in [1.29, 1.82) is 0 Å². The van der Waals surface area contributed by atoms with Crippen LogP contribution < -0.4 is 0 Å². The quantitative estimate of drug-likeness (QED) is 0.879. The summed E-state index contributed by atoms with van der Waals surface area (Å²) in [6.45, 7) is 10.6. The van der Waals surface area contributed by atoms with Gasteiger partial charge in [-0.2, -0.15) is 0 Å². The third-order valence-electron chi connectivity index (χ3n) is 3.51. The Kier molecular flexibility index (Phi) is 4.75. The van der Waals surface area contributed by atoms with Gasteiger partial charge in [0.25, 0.3) is 0 Å². The summed E-state index contributed by atoms with van der Waals surface area (Å²) < 4.78 is 0. The fourth-order valence-corrected chi connectivity index (χ4v) is 2.23. The highest BCUT2D eigenvalue weighted by Gasteiger charge is 2.18. The molecule has 1 rings (SSSR count). The van der Waals surface area contributed by atoms with E-state index in [0.717, 1.165) is 5.56 Å². The van der Waals surface area contributed by atoms with Gasteiger partial charge in [-0.25, -0.2) is 4.79 Å². The van der Waals surface area contributed by atoms with E-state index in [1.165, 1.54) is 16.7 Å². The SMILES string of the molecule is Cc1cc(C(C)(C)C)cc(C)c1CCC(O)C(=O)O. The van der Waals surface area contributed by atoms with E-state index in [2.05, 4.69) is 32.9 Å². The van der Waals surface area contributed by atoms with E-state index in [4.69, 9.17) is 5.11 Å². The van der Waals surface area contributed by atoms with Crippen LogP contribution in [0.2, 0.25) is 0 Å². The summed E-state index contributed by atoms with van der Waals surface area (Å²) in [6.07, 6.45) is -0.428. The Bertz CT molecular complexity index is 446. The maximum atomic E-state index is 10.6. The number of benzene rings is 1. The lowest BCUT2D eigenvalue weighted by molar-refractivity contribution is -0.146. The normalized spacial score (nSPS) is 13.4. The minimum atomic E-state index is -1.28. The molecule has 0 bridgehead atoms. The molecule has 19 heavy (non-hydrogen) atoms. The Morgan fingerprint density at radius 2 is 1.68 bits per heavy atom. The highest BCUT2D eigenvalue weighted by molar-refractivity contribution is 5.71. The van der Waals surface area contributed by atoms with Crippen LogP contribution in [0.4, 0.5) is 0 Å². The topological polar surface area (TPSA) is 57.5 Å². The summed E-state index contributed by atoms with van der Waals surface area (Å²) in [5.74, 6) is -1.15. The monoisotopic (exact) mass is 264 g/mol. The molecule has 1 unspecified atom stereocenters. The first-order valence-electron chi connectivity index (χ1n) is 6.64. The highest BCUT2D eigenvalue weighted by Crippen LogP contribution is 2.27. The van der Waals surface area contributed by atoms with Gasteiger partial charge < -0.3 is 10.2 Å². The van der Waals surface area contributed by atoms with Gasteiger partial charge in [0.1, 0.15) is 0 Å². The van der Waals surface area contributed by atoms with Gasteiger partial charge in [-0.3, -0.25) is 0 Å². The first-order valence-corrected chi connectivity index (χ1v) is 6.64. The molecule has 0 aliphatic heterocycles. The van der Waals surface area contributed by atoms with Gasteiger partial charge in [-0.1, -0.05) is 32.9 Å². The van der Waals surface area contributed by atoms with Crippen molar-refractivity contribution in [2.45, 2.75) is 59.0 Å². The van der Waals surface area contributed by atoms with E-state index >= 15 is 0 Å². The van der Waals surface area contributed by atoms with Crippen LogP contribution in [-0.2, 0) is 16.6 Å². The van der Waals surface area contributed by atoms with Gasteiger partial charge >= 0.3 is 5.97 Å². The second-order valence-electron chi connectivity index (χ2n) is 6.23. The summed E-state index contributed by atoms with van der Waals surface area (Å²) in [5, 5.41) is 18.1. The van der Waals surface area contributed by atoms with Gasteiger partial charge in [0.2, 0.25) is 0 Å². The van der Waals surface area contributed by atoms with Crippen molar-refractivity contribution in [1.82, 2.24) is 0 Å².